The minimum atomic E-state index is -3.71. The standard InChI is InChI=1S/C33H35N3O5S/c1-23-10-12-26(13-11-23)42(38,39)34-19-15-31(37)35-36-32-21-27(24-8-4-2-5-9-24)28-20-25-14-18-33(16-6-3-7-17-33)41-29(25)22-30(28)40-32/h2,4-5,8-13,20-22,34H,3,6-7,14-19H2,1H3,(H,35,37)/b36-32-. The van der Waals surface area contributed by atoms with E-state index in [1.807, 2.05) is 49.4 Å². The van der Waals surface area contributed by atoms with E-state index in [4.69, 9.17) is 9.15 Å². The summed E-state index contributed by atoms with van der Waals surface area (Å²) in [5, 5.41) is 5.19. The van der Waals surface area contributed by atoms with Gasteiger partial charge in [0.15, 0.2) is 0 Å². The quantitative estimate of drug-likeness (QED) is 0.269. The summed E-state index contributed by atoms with van der Waals surface area (Å²) < 4.78 is 40.3. The van der Waals surface area contributed by atoms with Crippen molar-refractivity contribution in [1.82, 2.24) is 10.1 Å². The van der Waals surface area contributed by atoms with Crippen LogP contribution < -0.4 is 20.4 Å². The zero-order valence-electron chi connectivity index (χ0n) is 23.7. The van der Waals surface area contributed by atoms with Crippen LogP contribution in [0.15, 0.2) is 87.2 Å². The molecule has 6 rings (SSSR count). The lowest BCUT2D eigenvalue weighted by Crippen LogP contribution is -2.41. The smallest absolute Gasteiger partial charge is 0.241 e. The van der Waals surface area contributed by atoms with Crippen molar-refractivity contribution in [3.05, 3.63) is 89.5 Å². The highest BCUT2D eigenvalue weighted by Gasteiger charge is 2.37. The molecule has 0 atom stereocenters. The number of fused-ring (bicyclic) bond motifs is 2. The minimum Gasteiger partial charge on any atom is -0.487 e. The normalized spacial score (nSPS) is 16.6. The Balaban J connectivity index is 1.24. The molecule has 2 aliphatic rings. The average Bonchev–Trinajstić information content (AvgIpc) is 2.99. The zero-order chi connectivity index (χ0) is 29.2. The molecule has 1 spiro atoms. The van der Waals surface area contributed by atoms with Crippen LogP contribution in [-0.2, 0) is 21.2 Å². The van der Waals surface area contributed by atoms with E-state index < -0.39 is 15.9 Å². The molecular weight excluding hydrogens is 550 g/mol. The molecule has 1 amide bonds. The molecule has 9 heteroatoms. The molecule has 4 aromatic rings. The summed E-state index contributed by atoms with van der Waals surface area (Å²) in [6.07, 6.45) is 7.74. The molecule has 1 aromatic heterocycles. The maximum atomic E-state index is 12.6. The molecule has 0 saturated heterocycles. The van der Waals surface area contributed by atoms with Gasteiger partial charge in [0.05, 0.1) is 4.90 Å². The number of benzene rings is 3. The Morgan fingerprint density at radius 1 is 0.952 bits per heavy atom. The van der Waals surface area contributed by atoms with E-state index in [-0.39, 0.29) is 29.0 Å². The number of rotatable bonds is 7. The van der Waals surface area contributed by atoms with E-state index in [2.05, 4.69) is 21.3 Å². The van der Waals surface area contributed by atoms with E-state index in [0.717, 1.165) is 53.5 Å². The lowest BCUT2D eigenvalue weighted by Gasteiger charge is -2.41. The predicted molar refractivity (Wildman–Crippen MR) is 161 cm³/mol. The van der Waals surface area contributed by atoms with Gasteiger partial charge in [-0.25, -0.2) is 18.6 Å². The molecule has 1 aliphatic heterocycles. The van der Waals surface area contributed by atoms with Crippen LogP contribution in [0.3, 0.4) is 0 Å². The molecule has 0 bridgehead atoms. The van der Waals surface area contributed by atoms with Gasteiger partial charge in [0, 0.05) is 30.5 Å². The van der Waals surface area contributed by atoms with E-state index in [9.17, 15) is 13.2 Å². The van der Waals surface area contributed by atoms with Crippen LogP contribution in [0.4, 0.5) is 0 Å². The molecule has 0 unspecified atom stereocenters. The predicted octanol–water partition coefficient (Wildman–Crippen LogP) is 5.74. The topological polar surface area (TPSA) is 110 Å². The van der Waals surface area contributed by atoms with Gasteiger partial charge in [0.2, 0.25) is 21.5 Å². The van der Waals surface area contributed by atoms with E-state index in [1.54, 1.807) is 12.1 Å². The highest BCUT2D eigenvalue weighted by Crippen LogP contribution is 2.43. The lowest BCUT2D eigenvalue weighted by molar-refractivity contribution is -0.121. The molecule has 218 valence electrons. The third-order valence-corrected chi connectivity index (χ3v) is 9.70. The van der Waals surface area contributed by atoms with Crippen molar-refractivity contribution < 1.29 is 22.4 Å². The first-order valence-corrected chi connectivity index (χ1v) is 16.0. The molecule has 0 radical (unpaired) electrons. The monoisotopic (exact) mass is 585 g/mol. The Labute approximate surface area is 245 Å². The third-order valence-electron chi connectivity index (χ3n) is 8.23. The number of amides is 1. The van der Waals surface area contributed by atoms with Gasteiger partial charge in [-0.1, -0.05) is 54.4 Å². The van der Waals surface area contributed by atoms with Crippen LogP contribution in [0.25, 0.3) is 22.1 Å². The summed E-state index contributed by atoms with van der Waals surface area (Å²) in [4.78, 5) is 12.7. The molecule has 8 nitrogen and oxygen atoms in total. The first kappa shape index (κ1) is 28.2. The molecule has 1 aliphatic carbocycles. The van der Waals surface area contributed by atoms with Gasteiger partial charge >= 0.3 is 0 Å². The number of aryl methyl sites for hydroxylation is 2. The van der Waals surface area contributed by atoms with Gasteiger partial charge in [-0.15, -0.1) is 5.10 Å². The number of nitrogens with one attached hydrogen (secondary N) is 2. The zero-order valence-corrected chi connectivity index (χ0v) is 24.5. The summed E-state index contributed by atoms with van der Waals surface area (Å²) in [6, 6.07) is 22.5. The second-order valence-electron chi connectivity index (χ2n) is 11.3. The van der Waals surface area contributed by atoms with Crippen molar-refractivity contribution in [3.63, 3.8) is 0 Å². The maximum absolute atomic E-state index is 12.6. The molecule has 2 N–H and O–H groups in total. The van der Waals surface area contributed by atoms with Gasteiger partial charge in [-0.3, -0.25) is 4.79 Å². The minimum absolute atomic E-state index is 0.0626. The second-order valence-corrected chi connectivity index (χ2v) is 13.0. The lowest BCUT2D eigenvalue weighted by atomic mass is 9.79. The van der Waals surface area contributed by atoms with Crippen molar-refractivity contribution in [3.8, 4) is 16.9 Å². The number of sulfonamides is 1. The maximum Gasteiger partial charge on any atom is 0.241 e. The van der Waals surface area contributed by atoms with Crippen LogP contribution >= 0.6 is 0 Å². The van der Waals surface area contributed by atoms with Gasteiger partial charge in [-0.2, -0.15) is 0 Å². The SMILES string of the molecule is Cc1ccc(S(=O)(=O)NCCC(=O)N/N=c2/cc(-c3ccccc3)c3cc4c(cc3o2)OC2(CCCCC2)CC4)cc1. The van der Waals surface area contributed by atoms with Gasteiger partial charge in [0.1, 0.15) is 16.9 Å². The van der Waals surface area contributed by atoms with E-state index in [1.165, 1.54) is 37.0 Å². The average molecular weight is 586 g/mol. The van der Waals surface area contributed by atoms with Crippen LogP contribution in [0, 0.1) is 6.92 Å². The van der Waals surface area contributed by atoms with Gasteiger partial charge < -0.3 is 9.15 Å². The van der Waals surface area contributed by atoms with Crippen molar-refractivity contribution >= 4 is 26.9 Å². The summed E-state index contributed by atoms with van der Waals surface area (Å²) >= 11 is 0. The molecule has 1 saturated carbocycles. The number of hydrogen-bond donors (Lipinski definition) is 2. The molecule has 1 fully saturated rings. The third kappa shape index (κ3) is 6.12. The van der Waals surface area contributed by atoms with Gasteiger partial charge in [-0.05, 0) is 80.3 Å². The fourth-order valence-corrected chi connectivity index (χ4v) is 6.95. The fraction of sp³-hybridized carbons (Fsp3) is 0.333. The number of hydrogen-bond acceptors (Lipinski definition) is 6. The van der Waals surface area contributed by atoms with Crippen LogP contribution in [0.5, 0.6) is 5.75 Å². The van der Waals surface area contributed by atoms with Crippen molar-refractivity contribution in [2.45, 2.75) is 68.8 Å². The molecule has 2 heterocycles. The number of carbonyl (C=O) groups is 1. The van der Waals surface area contributed by atoms with Crippen molar-refractivity contribution in [2.75, 3.05) is 6.54 Å². The summed E-state index contributed by atoms with van der Waals surface area (Å²) in [5.41, 5.74) is 7.38. The van der Waals surface area contributed by atoms with E-state index >= 15 is 0 Å². The van der Waals surface area contributed by atoms with Crippen LogP contribution in [0.2, 0.25) is 0 Å². The fourth-order valence-electron chi connectivity index (χ4n) is 5.91. The number of ether oxygens (including phenoxy) is 1. The Morgan fingerprint density at radius 2 is 1.71 bits per heavy atom. The molecular formula is C33H35N3O5S. The summed E-state index contributed by atoms with van der Waals surface area (Å²) in [7, 11) is -3.71. The van der Waals surface area contributed by atoms with Gasteiger partial charge in [0.25, 0.3) is 0 Å². The van der Waals surface area contributed by atoms with Crippen LogP contribution in [0.1, 0.15) is 56.1 Å². The molecule has 3 aromatic carbocycles. The second kappa shape index (κ2) is 11.7. The number of carbonyl (C=O) groups excluding carboxylic acids is 1. The Bertz CT molecular complexity index is 1770. The first-order valence-electron chi connectivity index (χ1n) is 14.5. The largest absolute Gasteiger partial charge is 0.487 e. The highest BCUT2D eigenvalue weighted by atomic mass is 32.2. The van der Waals surface area contributed by atoms with Crippen LogP contribution in [-0.4, -0.2) is 26.5 Å². The van der Waals surface area contributed by atoms with Crippen molar-refractivity contribution in [2.24, 2.45) is 5.10 Å². The Kier molecular flexibility index (Phi) is 7.88. The number of nitrogens with zero attached hydrogens (tertiary/aromatic N) is 1. The Hall–Kier alpha value is -3.95. The van der Waals surface area contributed by atoms with E-state index in [0.29, 0.717) is 5.58 Å². The summed E-state index contributed by atoms with van der Waals surface area (Å²) in [6.45, 7) is 1.82. The summed E-state index contributed by atoms with van der Waals surface area (Å²) in [5.74, 6) is 0.423. The van der Waals surface area contributed by atoms with Crippen molar-refractivity contribution in [1.29, 1.82) is 0 Å². The Morgan fingerprint density at radius 3 is 2.48 bits per heavy atom. The highest BCUT2D eigenvalue weighted by molar-refractivity contribution is 7.89. The molecule has 42 heavy (non-hydrogen) atoms. The first-order chi connectivity index (χ1) is 20.3.